The highest BCUT2D eigenvalue weighted by Gasteiger charge is 2.41. The molecular weight excluding hydrogens is 545 g/mol. The van der Waals surface area contributed by atoms with E-state index in [4.69, 9.17) is 27.9 Å². The molecule has 1 saturated heterocycles. The molecule has 0 aromatic heterocycles. The van der Waals surface area contributed by atoms with E-state index < -0.39 is 15.4 Å². The van der Waals surface area contributed by atoms with Crippen LogP contribution in [0.5, 0.6) is 5.75 Å². The summed E-state index contributed by atoms with van der Waals surface area (Å²) in [7, 11) is -1.61. The van der Waals surface area contributed by atoms with Crippen molar-refractivity contribution in [3.05, 3.63) is 63.6 Å². The van der Waals surface area contributed by atoms with Crippen molar-refractivity contribution >= 4 is 39.1 Å². The maximum atomic E-state index is 14.1. The zero-order valence-corrected chi connectivity index (χ0v) is 24.7. The summed E-state index contributed by atoms with van der Waals surface area (Å²) in [5.41, 5.74) is 0.991. The summed E-state index contributed by atoms with van der Waals surface area (Å²) in [5, 5.41) is 4.22. The first-order valence-corrected chi connectivity index (χ1v) is 15.6. The van der Waals surface area contributed by atoms with E-state index in [1.54, 1.807) is 23.5 Å². The quantitative estimate of drug-likeness (QED) is 0.432. The fourth-order valence-corrected chi connectivity index (χ4v) is 6.77. The summed E-state index contributed by atoms with van der Waals surface area (Å²) in [6.45, 7) is 6.19. The molecule has 3 atom stereocenters. The number of nitrogens with one attached hydrogen (secondary N) is 1. The van der Waals surface area contributed by atoms with E-state index >= 15 is 0 Å². The Morgan fingerprint density at radius 1 is 1.13 bits per heavy atom. The standard InChI is InChI=1S/C28H37Cl2N3O4S/c1-19-18-32(15-16-33(19)38(4,35)36)14-13-28(2,22-9-12-24(29)25(30)17-22)27(34)31-26(20-5-6-20)21-7-10-23(37-3)11-8-21/h7-12,17,19-20,26H,5-6,13-16,18H2,1-4H3,(H,31,34)/t19-,26?,28?/m1/s1. The van der Waals surface area contributed by atoms with Crippen molar-refractivity contribution in [1.29, 1.82) is 0 Å². The summed E-state index contributed by atoms with van der Waals surface area (Å²) in [6.07, 6.45) is 3.94. The number of hydrogen-bond donors (Lipinski definition) is 1. The fraction of sp³-hybridized carbons (Fsp3) is 0.536. The molecule has 2 aliphatic rings. The topological polar surface area (TPSA) is 79.0 Å². The number of ether oxygens (including phenoxy) is 1. The monoisotopic (exact) mass is 581 g/mol. The molecule has 1 aliphatic heterocycles. The molecule has 1 saturated carbocycles. The molecule has 38 heavy (non-hydrogen) atoms. The molecule has 1 amide bonds. The Bertz CT molecular complexity index is 1250. The molecule has 1 heterocycles. The molecule has 0 radical (unpaired) electrons. The first kappa shape index (κ1) is 29.2. The van der Waals surface area contributed by atoms with Crippen LogP contribution in [-0.4, -0.2) is 69.1 Å². The van der Waals surface area contributed by atoms with E-state index in [1.807, 2.05) is 44.2 Å². The van der Waals surface area contributed by atoms with Gasteiger partial charge in [0.1, 0.15) is 5.75 Å². The van der Waals surface area contributed by atoms with E-state index in [1.165, 1.54) is 6.26 Å². The van der Waals surface area contributed by atoms with Gasteiger partial charge in [-0.05, 0) is 81.0 Å². The molecule has 1 N–H and O–H groups in total. The lowest BCUT2D eigenvalue weighted by Crippen LogP contribution is -2.54. The molecule has 10 heteroatoms. The number of carbonyl (C=O) groups is 1. The molecule has 1 aliphatic carbocycles. The second-order valence-corrected chi connectivity index (χ2v) is 13.5. The van der Waals surface area contributed by atoms with Gasteiger partial charge in [-0.15, -0.1) is 0 Å². The van der Waals surface area contributed by atoms with Crippen LogP contribution in [0.25, 0.3) is 0 Å². The highest BCUT2D eigenvalue weighted by atomic mass is 35.5. The molecule has 208 valence electrons. The molecule has 2 fully saturated rings. The zero-order chi connectivity index (χ0) is 27.7. The van der Waals surface area contributed by atoms with E-state index in [0.717, 1.165) is 29.7 Å². The molecule has 2 aromatic rings. The van der Waals surface area contributed by atoms with Gasteiger partial charge in [0.15, 0.2) is 0 Å². The van der Waals surface area contributed by atoms with Crippen LogP contribution in [0.15, 0.2) is 42.5 Å². The molecule has 4 rings (SSSR count). The first-order valence-electron chi connectivity index (χ1n) is 13.0. The second kappa shape index (κ2) is 11.7. The van der Waals surface area contributed by atoms with Gasteiger partial charge in [-0.25, -0.2) is 8.42 Å². The van der Waals surface area contributed by atoms with Crippen LogP contribution in [-0.2, 0) is 20.2 Å². The molecular formula is C28H37Cl2N3O4S. The fourth-order valence-electron chi connectivity index (χ4n) is 5.34. The maximum Gasteiger partial charge on any atom is 0.230 e. The van der Waals surface area contributed by atoms with Crippen molar-refractivity contribution in [2.24, 2.45) is 5.92 Å². The molecule has 2 aromatic carbocycles. The average molecular weight is 583 g/mol. The van der Waals surface area contributed by atoms with Crippen LogP contribution in [0, 0.1) is 5.92 Å². The first-order chi connectivity index (χ1) is 17.9. The van der Waals surface area contributed by atoms with E-state index in [2.05, 4.69) is 10.2 Å². The number of halogens is 2. The number of nitrogens with zero attached hydrogens (tertiary/aromatic N) is 2. The third-order valence-electron chi connectivity index (χ3n) is 7.92. The molecule has 2 unspecified atom stereocenters. The summed E-state index contributed by atoms with van der Waals surface area (Å²) in [5.74, 6) is 1.11. The molecule has 7 nitrogen and oxygen atoms in total. The summed E-state index contributed by atoms with van der Waals surface area (Å²) < 4.78 is 31.0. The van der Waals surface area contributed by atoms with Crippen LogP contribution in [0.2, 0.25) is 10.0 Å². The van der Waals surface area contributed by atoms with Crippen molar-refractivity contribution in [3.8, 4) is 5.75 Å². The highest BCUT2D eigenvalue weighted by molar-refractivity contribution is 7.88. The third kappa shape index (κ3) is 6.65. The Morgan fingerprint density at radius 2 is 1.82 bits per heavy atom. The lowest BCUT2D eigenvalue weighted by atomic mass is 9.77. The predicted molar refractivity (Wildman–Crippen MR) is 152 cm³/mol. The van der Waals surface area contributed by atoms with Gasteiger partial charge in [-0.3, -0.25) is 4.79 Å². The van der Waals surface area contributed by atoms with Gasteiger partial charge < -0.3 is 15.0 Å². The van der Waals surface area contributed by atoms with Gasteiger partial charge in [0, 0.05) is 25.7 Å². The summed E-state index contributed by atoms with van der Waals surface area (Å²) in [6, 6.07) is 13.1. The van der Waals surface area contributed by atoms with Crippen LogP contribution in [0.4, 0.5) is 0 Å². The number of carbonyl (C=O) groups excluding carboxylic acids is 1. The van der Waals surface area contributed by atoms with Crippen LogP contribution in [0.3, 0.4) is 0 Å². The van der Waals surface area contributed by atoms with Gasteiger partial charge in [-0.2, -0.15) is 4.31 Å². The normalized spacial score (nSPS) is 21.5. The second-order valence-electron chi connectivity index (χ2n) is 10.8. The number of piperazine rings is 1. The number of hydrogen-bond acceptors (Lipinski definition) is 5. The van der Waals surface area contributed by atoms with Gasteiger partial charge in [0.25, 0.3) is 0 Å². The molecule has 0 spiro atoms. The van der Waals surface area contributed by atoms with Crippen LogP contribution < -0.4 is 10.1 Å². The highest BCUT2D eigenvalue weighted by Crippen LogP contribution is 2.42. The van der Waals surface area contributed by atoms with Gasteiger partial charge in [-0.1, -0.05) is 41.4 Å². The summed E-state index contributed by atoms with van der Waals surface area (Å²) >= 11 is 12.6. The van der Waals surface area contributed by atoms with Gasteiger partial charge in [0.05, 0.1) is 34.9 Å². The minimum atomic E-state index is -3.25. The van der Waals surface area contributed by atoms with Crippen molar-refractivity contribution in [2.45, 2.75) is 50.6 Å². The lowest BCUT2D eigenvalue weighted by Gasteiger charge is -2.40. The Kier molecular flexibility index (Phi) is 8.99. The van der Waals surface area contributed by atoms with Gasteiger partial charge in [0.2, 0.25) is 15.9 Å². The Morgan fingerprint density at radius 3 is 2.37 bits per heavy atom. The van der Waals surface area contributed by atoms with Crippen molar-refractivity contribution < 1.29 is 17.9 Å². The van der Waals surface area contributed by atoms with Crippen LogP contribution in [0.1, 0.15) is 50.3 Å². The van der Waals surface area contributed by atoms with Gasteiger partial charge >= 0.3 is 0 Å². The van der Waals surface area contributed by atoms with E-state index in [0.29, 0.717) is 48.6 Å². The number of sulfonamides is 1. The summed E-state index contributed by atoms with van der Waals surface area (Å²) in [4.78, 5) is 16.3. The number of benzene rings is 2. The minimum absolute atomic E-state index is 0.0635. The zero-order valence-electron chi connectivity index (χ0n) is 22.4. The Balaban J connectivity index is 1.56. The smallest absolute Gasteiger partial charge is 0.230 e. The number of rotatable bonds is 10. The van der Waals surface area contributed by atoms with Crippen LogP contribution >= 0.6 is 23.2 Å². The van der Waals surface area contributed by atoms with Crippen molar-refractivity contribution in [2.75, 3.05) is 39.5 Å². The number of methoxy groups -OCH3 is 1. The SMILES string of the molecule is COc1ccc(C(NC(=O)C(C)(CCN2CCN(S(C)(=O)=O)[C@H](C)C2)c2ccc(Cl)c(Cl)c2)C2CC2)cc1. The minimum Gasteiger partial charge on any atom is -0.497 e. The third-order valence-corrected chi connectivity index (χ3v) is 10.1. The predicted octanol–water partition coefficient (Wildman–Crippen LogP) is 4.88. The van der Waals surface area contributed by atoms with Crippen molar-refractivity contribution in [3.63, 3.8) is 0 Å². The van der Waals surface area contributed by atoms with Crippen molar-refractivity contribution in [1.82, 2.24) is 14.5 Å². The Labute approximate surface area is 236 Å². The average Bonchev–Trinajstić information content (AvgIpc) is 3.72. The Hall–Kier alpha value is -1.84. The maximum absolute atomic E-state index is 14.1. The molecule has 0 bridgehead atoms. The number of amides is 1. The largest absolute Gasteiger partial charge is 0.497 e. The van der Waals surface area contributed by atoms with E-state index in [9.17, 15) is 13.2 Å². The lowest BCUT2D eigenvalue weighted by molar-refractivity contribution is -0.127. The van der Waals surface area contributed by atoms with E-state index in [-0.39, 0.29) is 18.0 Å².